The number of carbonyl (C=O) groups excluding carboxylic acids is 1. The highest BCUT2D eigenvalue weighted by Crippen LogP contribution is 2.68. The molecule has 0 aliphatic heterocycles. The summed E-state index contributed by atoms with van der Waals surface area (Å²) in [6.45, 7) is 2.60. The third kappa shape index (κ3) is 2.29. The number of carbonyl (C=O) groups is 1. The first-order chi connectivity index (χ1) is 9.07. The lowest BCUT2D eigenvalue weighted by atomic mass is 9.39. The van der Waals surface area contributed by atoms with Crippen LogP contribution in [-0.2, 0) is 10.2 Å². The number of halogens is 1. The second-order valence-electron chi connectivity index (χ2n) is 5.67. The predicted molar refractivity (Wildman–Crippen MR) is 77.5 cm³/mol. The van der Waals surface area contributed by atoms with E-state index >= 15 is 0 Å². The molecule has 4 nitrogen and oxygen atoms in total. The molecule has 3 saturated carbocycles. The quantitative estimate of drug-likeness (QED) is 0.830. The summed E-state index contributed by atoms with van der Waals surface area (Å²) >= 11 is 5.15. The average Bonchev–Trinajstić information content (AvgIpc) is 2.68. The molecule has 0 spiro atoms. The smallest absolute Gasteiger partial charge is 0.407 e. The fourth-order valence-corrected chi connectivity index (χ4v) is 4.60. The topological polar surface area (TPSA) is 51.2 Å². The van der Waals surface area contributed by atoms with Gasteiger partial charge in [-0.25, -0.2) is 9.78 Å². The van der Waals surface area contributed by atoms with Crippen LogP contribution in [0.15, 0.2) is 9.98 Å². The van der Waals surface area contributed by atoms with E-state index in [9.17, 15) is 4.79 Å². The van der Waals surface area contributed by atoms with Crippen molar-refractivity contribution in [1.82, 2.24) is 10.3 Å². The Balaban J connectivity index is 1.49. The van der Waals surface area contributed by atoms with E-state index in [0.29, 0.717) is 6.61 Å². The lowest BCUT2D eigenvalue weighted by Crippen LogP contribution is -2.76. The Morgan fingerprint density at radius 1 is 1.58 bits per heavy atom. The van der Waals surface area contributed by atoms with Gasteiger partial charge in [0.15, 0.2) is 0 Å². The molecule has 3 aliphatic rings. The zero-order valence-corrected chi connectivity index (χ0v) is 13.3. The van der Waals surface area contributed by atoms with E-state index in [4.69, 9.17) is 4.74 Å². The minimum Gasteiger partial charge on any atom is -0.450 e. The first-order valence-electron chi connectivity index (χ1n) is 6.64. The zero-order valence-electron chi connectivity index (χ0n) is 10.9. The van der Waals surface area contributed by atoms with Gasteiger partial charge < -0.3 is 10.1 Å². The van der Waals surface area contributed by atoms with Gasteiger partial charge in [-0.2, -0.15) is 0 Å². The van der Waals surface area contributed by atoms with Crippen molar-refractivity contribution in [3.05, 3.63) is 15.0 Å². The maximum Gasteiger partial charge on any atom is 0.407 e. The molecule has 104 valence electrons. The highest BCUT2D eigenvalue weighted by atomic mass is 79.9. The normalized spacial score (nSPS) is 31.3. The van der Waals surface area contributed by atoms with E-state index in [-0.39, 0.29) is 17.0 Å². The van der Waals surface area contributed by atoms with Gasteiger partial charge in [0.1, 0.15) is 5.01 Å². The highest BCUT2D eigenvalue weighted by Gasteiger charge is 2.70. The summed E-state index contributed by atoms with van der Waals surface area (Å²) in [5, 5.41) is 4.22. The molecule has 1 N–H and O–H groups in total. The fraction of sp³-hybridized carbons (Fsp3) is 0.692. The molecular formula is C13H17BrN2O2S. The molecular weight excluding hydrogens is 328 g/mol. The molecule has 6 heteroatoms. The first kappa shape index (κ1) is 13.4. The molecule has 2 bridgehead atoms. The van der Waals surface area contributed by atoms with E-state index in [1.807, 2.05) is 6.20 Å². The molecule has 0 saturated heterocycles. The van der Waals surface area contributed by atoms with Crippen molar-refractivity contribution in [2.75, 3.05) is 6.61 Å². The minimum atomic E-state index is -0.262. The van der Waals surface area contributed by atoms with E-state index in [1.165, 1.54) is 5.01 Å². The number of rotatable bonds is 5. The SMILES string of the molecule is CCCCOC(=O)NC12CC(c3ncc(Br)s3)(C1)C2. The Morgan fingerprint density at radius 2 is 2.32 bits per heavy atom. The number of unbranched alkanes of at least 4 members (excludes halogenated alkanes) is 1. The van der Waals surface area contributed by atoms with E-state index < -0.39 is 0 Å². The summed E-state index contributed by atoms with van der Waals surface area (Å²) in [7, 11) is 0. The number of alkyl carbamates (subject to hydrolysis) is 1. The van der Waals surface area contributed by atoms with Crippen LogP contribution in [0.4, 0.5) is 4.79 Å². The molecule has 1 aromatic heterocycles. The first-order valence-corrected chi connectivity index (χ1v) is 8.25. The maximum absolute atomic E-state index is 11.6. The second kappa shape index (κ2) is 4.74. The number of hydrogen-bond donors (Lipinski definition) is 1. The molecule has 4 rings (SSSR count). The zero-order chi connectivity index (χ0) is 13.5. The van der Waals surface area contributed by atoms with E-state index in [0.717, 1.165) is 35.9 Å². The van der Waals surface area contributed by atoms with Gasteiger partial charge in [-0.3, -0.25) is 0 Å². The third-order valence-corrected chi connectivity index (χ3v) is 5.78. The summed E-state index contributed by atoms with van der Waals surface area (Å²) in [5.74, 6) is 0. The standard InChI is InChI=1S/C13H17BrN2O2S/c1-2-3-4-18-11(17)16-13-6-12(7-13,8-13)10-15-5-9(14)19-10/h5H,2-4,6-8H2,1H3,(H,16,17). The third-order valence-electron chi connectivity index (χ3n) is 4.06. The van der Waals surface area contributed by atoms with Gasteiger partial charge in [0.25, 0.3) is 0 Å². The number of nitrogens with zero attached hydrogens (tertiary/aromatic N) is 1. The van der Waals surface area contributed by atoms with Gasteiger partial charge in [-0.05, 0) is 41.6 Å². The maximum atomic E-state index is 11.6. The Labute approximate surface area is 125 Å². The number of amides is 1. The molecule has 3 aliphatic carbocycles. The molecule has 0 radical (unpaired) electrons. The van der Waals surface area contributed by atoms with Crippen molar-refractivity contribution in [2.45, 2.75) is 50.0 Å². The van der Waals surface area contributed by atoms with Crippen molar-refractivity contribution in [1.29, 1.82) is 0 Å². The van der Waals surface area contributed by atoms with Crippen molar-refractivity contribution in [2.24, 2.45) is 0 Å². The second-order valence-corrected chi connectivity index (χ2v) is 8.08. The van der Waals surface area contributed by atoms with Gasteiger partial charge in [-0.1, -0.05) is 13.3 Å². The van der Waals surface area contributed by atoms with Crippen LogP contribution in [0.5, 0.6) is 0 Å². The van der Waals surface area contributed by atoms with Crippen LogP contribution in [0, 0.1) is 0 Å². The summed E-state index contributed by atoms with van der Waals surface area (Å²) in [6, 6.07) is 0. The van der Waals surface area contributed by atoms with E-state index in [1.54, 1.807) is 11.3 Å². The molecule has 0 atom stereocenters. The fourth-order valence-electron chi connectivity index (χ4n) is 3.21. The van der Waals surface area contributed by atoms with Crippen molar-refractivity contribution >= 4 is 33.4 Å². The van der Waals surface area contributed by atoms with Gasteiger partial charge in [-0.15, -0.1) is 11.3 Å². The van der Waals surface area contributed by atoms with Crippen LogP contribution in [0.25, 0.3) is 0 Å². The summed E-state index contributed by atoms with van der Waals surface area (Å²) in [5.41, 5.74) is 0.217. The number of nitrogens with one attached hydrogen (secondary N) is 1. The number of ether oxygens (including phenoxy) is 1. The van der Waals surface area contributed by atoms with Gasteiger partial charge >= 0.3 is 6.09 Å². The van der Waals surface area contributed by atoms with E-state index in [2.05, 4.69) is 33.2 Å². The highest BCUT2D eigenvalue weighted by molar-refractivity contribution is 9.11. The van der Waals surface area contributed by atoms with Crippen LogP contribution in [0.3, 0.4) is 0 Å². The Bertz CT molecular complexity index is 483. The largest absolute Gasteiger partial charge is 0.450 e. The van der Waals surface area contributed by atoms with Gasteiger partial charge in [0, 0.05) is 11.0 Å². The summed E-state index contributed by atoms with van der Waals surface area (Å²) in [4.78, 5) is 16.1. The molecule has 1 amide bonds. The van der Waals surface area contributed by atoms with Crippen LogP contribution in [0.1, 0.15) is 44.0 Å². The Hall–Kier alpha value is -0.620. The number of hydrogen-bond acceptors (Lipinski definition) is 4. The van der Waals surface area contributed by atoms with Crippen LogP contribution >= 0.6 is 27.3 Å². The predicted octanol–water partition coefficient (Wildman–Crippen LogP) is 3.61. The summed E-state index contributed by atoms with van der Waals surface area (Å²) in [6.07, 6.45) is 6.58. The molecule has 0 unspecified atom stereocenters. The van der Waals surface area contributed by atoms with Crippen molar-refractivity contribution in [3.8, 4) is 0 Å². The molecule has 3 fully saturated rings. The van der Waals surface area contributed by atoms with Crippen LogP contribution in [0.2, 0.25) is 0 Å². The number of thiazole rings is 1. The Morgan fingerprint density at radius 3 is 2.89 bits per heavy atom. The molecule has 1 aromatic rings. The van der Waals surface area contributed by atoms with Crippen LogP contribution < -0.4 is 5.32 Å². The van der Waals surface area contributed by atoms with Gasteiger partial charge in [0.2, 0.25) is 0 Å². The molecule has 1 heterocycles. The monoisotopic (exact) mass is 344 g/mol. The lowest BCUT2D eigenvalue weighted by Gasteiger charge is -2.69. The average molecular weight is 345 g/mol. The van der Waals surface area contributed by atoms with Crippen LogP contribution in [-0.4, -0.2) is 23.2 Å². The summed E-state index contributed by atoms with van der Waals surface area (Å²) < 4.78 is 6.23. The Kier molecular flexibility index (Phi) is 3.33. The number of aromatic nitrogens is 1. The van der Waals surface area contributed by atoms with Crippen molar-refractivity contribution in [3.63, 3.8) is 0 Å². The minimum absolute atomic E-state index is 0.0125. The van der Waals surface area contributed by atoms with Crippen molar-refractivity contribution < 1.29 is 9.53 Å². The molecule has 19 heavy (non-hydrogen) atoms. The van der Waals surface area contributed by atoms with Gasteiger partial charge in [0.05, 0.1) is 16.6 Å². The lowest BCUT2D eigenvalue weighted by molar-refractivity contribution is -0.0841. The molecule has 0 aromatic carbocycles.